The Morgan fingerprint density at radius 2 is 1.59 bits per heavy atom. The number of carbonyl (C=O) groups excluding carboxylic acids is 5. The number of hydrogen-bond donors (Lipinski definition) is 3. The van der Waals surface area contributed by atoms with E-state index in [0.717, 1.165) is 12.0 Å². The van der Waals surface area contributed by atoms with Crippen molar-refractivity contribution in [1.29, 1.82) is 0 Å². The first-order chi connectivity index (χ1) is 32.3. The van der Waals surface area contributed by atoms with Gasteiger partial charge in [-0.3, -0.25) is 19.2 Å². The quantitative estimate of drug-likeness (QED) is 0.134. The highest BCUT2D eigenvalue weighted by molar-refractivity contribution is 6.39. The van der Waals surface area contributed by atoms with Crippen LogP contribution < -0.4 is 0 Å². The highest BCUT2D eigenvalue weighted by Gasteiger charge is 2.53. The van der Waals surface area contributed by atoms with Crippen LogP contribution >= 0.6 is 0 Å². The second-order valence-electron chi connectivity index (χ2n) is 20.2. The summed E-state index contributed by atoms with van der Waals surface area (Å²) in [5, 5.41) is 32.8. The number of ketones is 3. The van der Waals surface area contributed by atoms with Crippen LogP contribution in [0.1, 0.15) is 126 Å². The maximum Gasteiger partial charge on any atom is 0.329 e. The van der Waals surface area contributed by atoms with Crippen molar-refractivity contribution in [2.45, 2.75) is 180 Å². The van der Waals surface area contributed by atoms with Crippen LogP contribution in [0.4, 0.5) is 0 Å². The first kappa shape index (κ1) is 57.2. The molecule has 0 aromatic heterocycles. The van der Waals surface area contributed by atoms with E-state index in [1.807, 2.05) is 58.1 Å². The predicted octanol–water partition coefficient (Wildman–Crippen LogP) is 6.20. The van der Waals surface area contributed by atoms with E-state index < -0.39 is 77.8 Å². The standard InChI is InChI=1S/C53H83NO14/c1-32-16-12-11-13-17-33(2)44(63-8)30-40-21-19-38(7)53(62,68-40)50(59)51(60)54-23-15-14-18-41(54)52(61)67-45(35(4)28-39-20-22-43(66-25-24-55)46(29-39)64-9)31-42(56)34(3)27-37(6)48(58)49(65-10)47(57)36(5)26-32/h11-13,16-17,27,32,34-36,38-41,43-46,48-49,55,58,62H,14-15,18-26,28-31H2,1-10H3/b13-11+,16-12+,33-17+,37-27+/t32-,34-,35-,36?,38-,39?,40+,41?,43-,44+,45+,46-,48-,49?,53-/m1/s1. The number of cyclic esters (lactones) is 1. The van der Waals surface area contributed by atoms with Gasteiger partial charge >= 0.3 is 5.97 Å². The Hall–Kier alpha value is -3.41. The van der Waals surface area contributed by atoms with Crippen molar-refractivity contribution in [3.8, 4) is 0 Å². The van der Waals surface area contributed by atoms with Gasteiger partial charge < -0.3 is 48.6 Å². The van der Waals surface area contributed by atoms with Crippen molar-refractivity contribution in [3.63, 3.8) is 0 Å². The number of esters is 1. The van der Waals surface area contributed by atoms with Gasteiger partial charge in [0.25, 0.3) is 11.7 Å². The summed E-state index contributed by atoms with van der Waals surface area (Å²) < 4.78 is 35.6. The summed E-state index contributed by atoms with van der Waals surface area (Å²) in [6.07, 6.45) is 12.0. The number of hydrogen-bond acceptors (Lipinski definition) is 14. The molecule has 0 spiro atoms. The fourth-order valence-electron chi connectivity index (χ4n) is 10.5. The smallest absolute Gasteiger partial charge is 0.329 e. The molecule has 1 amide bonds. The van der Waals surface area contributed by atoms with Crippen molar-refractivity contribution < 1.29 is 67.7 Å². The van der Waals surface area contributed by atoms with Gasteiger partial charge in [-0.25, -0.2) is 4.79 Å². The van der Waals surface area contributed by atoms with Crippen molar-refractivity contribution in [2.24, 2.45) is 35.5 Å². The molecule has 384 valence electrons. The zero-order valence-electron chi connectivity index (χ0n) is 42.4. The lowest BCUT2D eigenvalue weighted by molar-refractivity contribution is -0.265. The van der Waals surface area contributed by atoms with Gasteiger partial charge in [0.15, 0.2) is 5.78 Å². The Labute approximate surface area is 405 Å². The average molecular weight is 958 g/mol. The second-order valence-corrected chi connectivity index (χ2v) is 20.2. The van der Waals surface area contributed by atoms with Crippen molar-refractivity contribution >= 4 is 29.2 Å². The molecular weight excluding hydrogens is 875 g/mol. The third-order valence-electron chi connectivity index (χ3n) is 14.9. The Morgan fingerprint density at radius 3 is 2.26 bits per heavy atom. The summed E-state index contributed by atoms with van der Waals surface area (Å²) in [6, 6.07) is -1.14. The SMILES string of the molecule is COC1C(=O)C(C)C[C@H](C)/C=C/C=C/C=C(\C)[C@@H](OC)C[C@@H]2CC[C@@H](C)[C@@](O)(O2)C(=O)C(=O)N2CCCCC2C(=O)O[C@H]([C@H](C)CC2CC[C@@H](OCCO)[C@H](OC)C2)CC(=O)[C@H](C)/C=C(\C)[C@H]1O. The van der Waals surface area contributed by atoms with Crippen LogP contribution in [0.3, 0.4) is 0 Å². The molecule has 15 heteroatoms. The van der Waals surface area contributed by atoms with Crippen LogP contribution in [0.2, 0.25) is 0 Å². The molecule has 15 nitrogen and oxygen atoms in total. The first-order valence-electron chi connectivity index (χ1n) is 25.0. The number of aliphatic hydroxyl groups is 3. The van der Waals surface area contributed by atoms with Crippen LogP contribution in [0.25, 0.3) is 0 Å². The first-order valence-corrected chi connectivity index (χ1v) is 25.0. The predicted molar refractivity (Wildman–Crippen MR) is 256 cm³/mol. The lowest BCUT2D eigenvalue weighted by Crippen LogP contribution is -2.61. The minimum absolute atomic E-state index is 0.0158. The molecule has 3 aliphatic heterocycles. The molecule has 0 radical (unpaired) electrons. The van der Waals surface area contributed by atoms with E-state index in [0.29, 0.717) is 63.4 Å². The number of methoxy groups -OCH3 is 3. The molecular formula is C53H83NO14. The van der Waals surface area contributed by atoms with E-state index in [1.54, 1.807) is 41.1 Å². The zero-order chi connectivity index (χ0) is 50.3. The molecule has 3 fully saturated rings. The monoisotopic (exact) mass is 958 g/mol. The molecule has 4 aliphatic rings. The minimum atomic E-state index is -2.43. The van der Waals surface area contributed by atoms with Crippen LogP contribution in [-0.4, -0.2) is 145 Å². The number of carbonyl (C=O) groups is 5. The highest BCUT2D eigenvalue weighted by atomic mass is 16.6. The number of ether oxygens (including phenoxy) is 6. The van der Waals surface area contributed by atoms with Crippen molar-refractivity contribution in [3.05, 3.63) is 47.6 Å². The Balaban J connectivity index is 1.70. The number of aliphatic hydroxyl groups excluding tert-OH is 2. The van der Waals surface area contributed by atoms with Crippen molar-refractivity contribution in [2.75, 3.05) is 41.1 Å². The summed E-state index contributed by atoms with van der Waals surface area (Å²) in [5.41, 5.74) is 1.26. The second kappa shape index (κ2) is 27.3. The minimum Gasteiger partial charge on any atom is -0.460 e. The summed E-state index contributed by atoms with van der Waals surface area (Å²) in [4.78, 5) is 72.1. The largest absolute Gasteiger partial charge is 0.460 e. The number of Topliss-reactive ketones (excluding diaryl/α,β-unsaturated/α-hetero) is 3. The molecule has 0 aromatic rings. The Kier molecular flexibility index (Phi) is 22.9. The van der Waals surface area contributed by atoms with E-state index in [1.165, 1.54) is 12.0 Å². The van der Waals surface area contributed by atoms with Gasteiger partial charge in [-0.2, -0.15) is 0 Å². The molecule has 1 aliphatic carbocycles. The fourth-order valence-corrected chi connectivity index (χ4v) is 10.5. The van der Waals surface area contributed by atoms with E-state index in [-0.39, 0.29) is 74.1 Å². The van der Waals surface area contributed by atoms with E-state index in [2.05, 4.69) is 0 Å². The van der Waals surface area contributed by atoms with Crippen molar-refractivity contribution in [1.82, 2.24) is 4.90 Å². The third kappa shape index (κ3) is 15.3. The molecule has 0 aromatic carbocycles. The zero-order valence-corrected chi connectivity index (χ0v) is 42.4. The lowest BCUT2D eigenvalue weighted by Gasteiger charge is -2.42. The van der Waals surface area contributed by atoms with Gasteiger partial charge in [-0.15, -0.1) is 0 Å². The molecule has 4 unspecified atom stereocenters. The number of fused-ring (bicyclic) bond motifs is 3. The number of allylic oxidation sites excluding steroid dienone is 6. The highest BCUT2D eigenvalue weighted by Crippen LogP contribution is 2.38. The van der Waals surface area contributed by atoms with Crippen LogP contribution in [0.15, 0.2) is 47.6 Å². The molecule has 68 heavy (non-hydrogen) atoms. The summed E-state index contributed by atoms with van der Waals surface area (Å²) in [6.45, 7) is 12.9. The summed E-state index contributed by atoms with van der Waals surface area (Å²) in [5.74, 6) is -7.96. The normalized spacial score (nSPS) is 39.2. The summed E-state index contributed by atoms with van der Waals surface area (Å²) in [7, 11) is 4.58. The molecule has 3 heterocycles. The van der Waals surface area contributed by atoms with Gasteiger partial charge in [0, 0.05) is 58.5 Å². The number of piperidine rings is 1. The molecule has 2 bridgehead atoms. The van der Waals surface area contributed by atoms with Gasteiger partial charge in [-0.1, -0.05) is 71.1 Å². The third-order valence-corrected chi connectivity index (χ3v) is 14.9. The van der Waals surface area contributed by atoms with Crippen LogP contribution in [0, 0.1) is 35.5 Å². The number of amides is 1. The summed E-state index contributed by atoms with van der Waals surface area (Å²) >= 11 is 0. The molecule has 4 rings (SSSR count). The number of rotatable bonds is 9. The Bertz CT molecular complexity index is 1810. The van der Waals surface area contributed by atoms with Gasteiger partial charge in [-0.05, 0) is 107 Å². The maximum absolute atomic E-state index is 14.5. The van der Waals surface area contributed by atoms with Crippen LogP contribution in [-0.2, 0) is 52.4 Å². The van der Waals surface area contributed by atoms with Gasteiger partial charge in [0.1, 0.15) is 30.1 Å². The van der Waals surface area contributed by atoms with Crippen LogP contribution in [0.5, 0.6) is 0 Å². The van der Waals surface area contributed by atoms with Gasteiger partial charge in [0.2, 0.25) is 5.79 Å². The van der Waals surface area contributed by atoms with E-state index >= 15 is 0 Å². The van der Waals surface area contributed by atoms with E-state index in [4.69, 9.17) is 28.4 Å². The average Bonchev–Trinajstić information content (AvgIpc) is 3.32. The fraction of sp³-hybridized carbons (Fsp3) is 0.755. The van der Waals surface area contributed by atoms with Gasteiger partial charge in [0.05, 0.1) is 37.6 Å². The molecule has 2 saturated heterocycles. The molecule has 1 saturated carbocycles. The topological polar surface area (TPSA) is 205 Å². The lowest BCUT2D eigenvalue weighted by atomic mass is 9.78. The number of nitrogens with zero attached hydrogens (tertiary/aromatic N) is 1. The Morgan fingerprint density at radius 1 is 0.853 bits per heavy atom. The maximum atomic E-state index is 14.5. The molecule has 15 atom stereocenters. The molecule has 3 N–H and O–H groups in total. The van der Waals surface area contributed by atoms with E-state index in [9.17, 15) is 39.3 Å².